The van der Waals surface area contributed by atoms with E-state index in [9.17, 15) is 0 Å². The number of hydrogen-bond donors (Lipinski definition) is 1. The molecule has 0 amide bonds. The van der Waals surface area contributed by atoms with E-state index in [2.05, 4.69) is 32.6 Å². The maximum atomic E-state index is 5.76. The molecule has 0 bridgehead atoms. The van der Waals surface area contributed by atoms with Crippen LogP contribution in [0.5, 0.6) is 0 Å². The Kier molecular flexibility index (Phi) is 5.26. The van der Waals surface area contributed by atoms with Gasteiger partial charge in [-0.05, 0) is 63.6 Å². The van der Waals surface area contributed by atoms with Gasteiger partial charge in [0.2, 0.25) is 0 Å². The summed E-state index contributed by atoms with van der Waals surface area (Å²) < 4.78 is 0. The zero-order valence-corrected chi connectivity index (χ0v) is 11.6. The molecule has 2 heteroatoms. The second kappa shape index (κ2) is 6.02. The molecule has 2 N–H and O–H groups in total. The van der Waals surface area contributed by atoms with Gasteiger partial charge in [-0.25, -0.2) is 0 Å². The molecule has 0 radical (unpaired) electrons. The summed E-state index contributed by atoms with van der Waals surface area (Å²) in [4.78, 5) is 2.66. The van der Waals surface area contributed by atoms with Gasteiger partial charge in [-0.15, -0.1) is 0 Å². The van der Waals surface area contributed by atoms with Crippen LogP contribution in [0.4, 0.5) is 0 Å². The van der Waals surface area contributed by atoms with Gasteiger partial charge in [-0.3, -0.25) is 0 Å². The fourth-order valence-electron chi connectivity index (χ4n) is 2.65. The Morgan fingerprint density at radius 1 is 1.31 bits per heavy atom. The van der Waals surface area contributed by atoms with Gasteiger partial charge in [0.1, 0.15) is 0 Å². The number of hydrogen-bond acceptors (Lipinski definition) is 2. The Balaban J connectivity index is 2.23. The number of nitrogens with zero attached hydrogens (tertiary/aromatic N) is 1. The van der Waals surface area contributed by atoms with Crippen molar-refractivity contribution < 1.29 is 0 Å². The van der Waals surface area contributed by atoms with E-state index in [1.165, 1.54) is 38.8 Å². The zero-order chi connectivity index (χ0) is 12.2. The molecule has 1 fully saturated rings. The summed E-state index contributed by atoms with van der Waals surface area (Å²) in [6.45, 7) is 12.7. The molecule has 0 aromatic heterocycles. The van der Waals surface area contributed by atoms with Crippen molar-refractivity contribution in [1.29, 1.82) is 0 Å². The predicted molar refractivity (Wildman–Crippen MR) is 71.5 cm³/mol. The van der Waals surface area contributed by atoms with Crippen LogP contribution in [0.1, 0.15) is 53.4 Å². The molecule has 96 valence electrons. The first-order valence-electron chi connectivity index (χ1n) is 6.89. The minimum absolute atomic E-state index is 0.326. The molecule has 2 nitrogen and oxygen atoms in total. The van der Waals surface area contributed by atoms with Gasteiger partial charge in [-0.1, -0.05) is 20.8 Å². The van der Waals surface area contributed by atoms with E-state index in [1.54, 1.807) is 0 Å². The van der Waals surface area contributed by atoms with Crippen molar-refractivity contribution in [1.82, 2.24) is 4.90 Å². The first-order chi connectivity index (χ1) is 7.44. The first kappa shape index (κ1) is 14.0. The van der Waals surface area contributed by atoms with Crippen molar-refractivity contribution in [2.45, 2.75) is 59.4 Å². The molecule has 0 saturated carbocycles. The normalized spacial score (nSPS) is 28.3. The summed E-state index contributed by atoms with van der Waals surface area (Å²) in [5.41, 5.74) is 6.08. The fourth-order valence-corrected chi connectivity index (χ4v) is 2.65. The van der Waals surface area contributed by atoms with Gasteiger partial charge < -0.3 is 10.6 Å². The van der Waals surface area contributed by atoms with E-state index in [0.717, 1.165) is 18.5 Å². The third-order valence-electron chi connectivity index (χ3n) is 4.13. The Hall–Kier alpha value is -0.0800. The molecular formula is C14H30N2. The summed E-state index contributed by atoms with van der Waals surface area (Å²) in [5.74, 6) is 0.923. The number of likely N-dealkylation sites (tertiary alicyclic amines) is 1. The average Bonchev–Trinajstić information content (AvgIpc) is 2.21. The minimum atomic E-state index is 0.326. The van der Waals surface area contributed by atoms with Crippen molar-refractivity contribution in [2.24, 2.45) is 17.1 Å². The highest BCUT2D eigenvalue weighted by molar-refractivity contribution is 4.78. The van der Waals surface area contributed by atoms with Crippen LogP contribution < -0.4 is 5.73 Å². The molecule has 1 aliphatic rings. The van der Waals surface area contributed by atoms with Crippen LogP contribution in [-0.4, -0.2) is 30.6 Å². The largest absolute Gasteiger partial charge is 0.330 e. The monoisotopic (exact) mass is 226 g/mol. The van der Waals surface area contributed by atoms with Gasteiger partial charge in [-0.2, -0.15) is 0 Å². The first-order valence-corrected chi connectivity index (χ1v) is 6.89. The molecule has 0 spiro atoms. The van der Waals surface area contributed by atoms with Crippen LogP contribution in [0.25, 0.3) is 0 Å². The predicted octanol–water partition coefficient (Wildman–Crippen LogP) is 2.87. The van der Waals surface area contributed by atoms with E-state index in [1.807, 2.05) is 0 Å². The van der Waals surface area contributed by atoms with Crippen molar-refractivity contribution in [2.75, 3.05) is 19.6 Å². The molecule has 0 aliphatic carbocycles. The maximum Gasteiger partial charge on any atom is 0.00694 e. The van der Waals surface area contributed by atoms with Gasteiger partial charge in [0.15, 0.2) is 0 Å². The van der Waals surface area contributed by atoms with Crippen molar-refractivity contribution >= 4 is 0 Å². The van der Waals surface area contributed by atoms with Crippen molar-refractivity contribution in [3.05, 3.63) is 0 Å². The second-order valence-electron chi connectivity index (χ2n) is 6.49. The van der Waals surface area contributed by atoms with Gasteiger partial charge in [0, 0.05) is 6.04 Å². The average molecular weight is 226 g/mol. The lowest BCUT2D eigenvalue weighted by atomic mass is 9.87. The van der Waals surface area contributed by atoms with Gasteiger partial charge in [0.05, 0.1) is 0 Å². The van der Waals surface area contributed by atoms with Crippen LogP contribution in [0.15, 0.2) is 0 Å². The lowest BCUT2D eigenvalue weighted by molar-refractivity contribution is 0.122. The van der Waals surface area contributed by atoms with Gasteiger partial charge >= 0.3 is 0 Å². The van der Waals surface area contributed by atoms with Crippen molar-refractivity contribution in [3.8, 4) is 0 Å². The zero-order valence-electron chi connectivity index (χ0n) is 11.6. The van der Waals surface area contributed by atoms with E-state index in [0.29, 0.717) is 5.41 Å². The summed E-state index contributed by atoms with van der Waals surface area (Å²) in [6.07, 6.45) is 5.30. The third kappa shape index (κ3) is 4.42. The molecule has 1 aliphatic heterocycles. The Morgan fingerprint density at radius 3 is 2.56 bits per heavy atom. The van der Waals surface area contributed by atoms with Crippen LogP contribution >= 0.6 is 0 Å². The Bertz CT molecular complexity index is 201. The smallest absolute Gasteiger partial charge is 0.00694 e. The number of rotatable bonds is 5. The highest BCUT2D eigenvalue weighted by atomic mass is 15.2. The van der Waals surface area contributed by atoms with Crippen LogP contribution in [-0.2, 0) is 0 Å². The summed E-state index contributed by atoms with van der Waals surface area (Å²) in [6, 6.07) is 0.782. The lowest BCUT2D eigenvalue weighted by Crippen LogP contribution is -2.41. The highest BCUT2D eigenvalue weighted by Gasteiger charge is 2.23. The molecule has 2 atom stereocenters. The number of piperidine rings is 1. The van der Waals surface area contributed by atoms with E-state index < -0.39 is 0 Å². The summed E-state index contributed by atoms with van der Waals surface area (Å²) >= 11 is 0. The quantitative estimate of drug-likeness (QED) is 0.781. The molecule has 1 rings (SSSR count). The maximum absolute atomic E-state index is 5.76. The second-order valence-corrected chi connectivity index (χ2v) is 6.49. The molecule has 16 heavy (non-hydrogen) atoms. The topological polar surface area (TPSA) is 29.3 Å². The molecule has 1 saturated heterocycles. The summed E-state index contributed by atoms with van der Waals surface area (Å²) in [7, 11) is 0. The molecule has 2 unspecified atom stereocenters. The standard InChI is InChI=1S/C14H30N2/c1-12-6-9-16(13(2)10-12)8-5-7-14(3,4)11-15/h12-13H,5-11,15H2,1-4H3. The van der Waals surface area contributed by atoms with Crippen LogP contribution in [0.2, 0.25) is 0 Å². The lowest BCUT2D eigenvalue weighted by Gasteiger charge is -2.37. The fraction of sp³-hybridized carbons (Fsp3) is 1.00. The van der Waals surface area contributed by atoms with E-state index in [4.69, 9.17) is 5.73 Å². The highest BCUT2D eigenvalue weighted by Crippen LogP contribution is 2.24. The molecule has 0 aromatic rings. The number of nitrogens with two attached hydrogens (primary N) is 1. The third-order valence-corrected chi connectivity index (χ3v) is 4.13. The van der Waals surface area contributed by atoms with Crippen molar-refractivity contribution in [3.63, 3.8) is 0 Å². The van der Waals surface area contributed by atoms with Crippen LogP contribution in [0.3, 0.4) is 0 Å². The van der Waals surface area contributed by atoms with Crippen LogP contribution in [0, 0.1) is 11.3 Å². The molecular weight excluding hydrogens is 196 g/mol. The SMILES string of the molecule is CC1CCN(CCCC(C)(C)CN)C(C)C1. The Morgan fingerprint density at radius 2 is 2.00 bits per heavy atom. The van der Waals surface area contributed by atoms with E-state index >= 15 is 0 Å². The Labute approximate surface area is 102 Å². The van der Waals surface area contributed by atoms with Gasteiger partial charge in [0.25, 0.3) is 0 Å². The summed E-state index contributed by atoms with van der Waals surface area (Å²) in [5, 5.41) is 0. The van der Waals surface area contributed by atoms with E-state index in [-0.39, 0.29) is 0 Å². The molecule has 1 heterocycles. The molecule has 0 aromatic carbocycles. The minimum Gasteiger partial charge on any atom is -0.330 e.